The third-order valence-corrected chi connectivity index (χ3v) is 6.23. The van der Waals surface area contributed by atoms with Crippen molar-refractivity contribution in [2.75, 3.05) is 0 Å². The van der Waals surface area contributed by atoms with Gasteiger partial charge in [-0.15, -0.1) is 0 Å². The molecule has 0 radical (unpaired) electrons. The summed E-state index contributed by atoms with van der Waals surface area (Å²) >= 11 is 6.32. The van der Waals surface area contributed by atoms with Crippen LogP contribution in [0.2, 0.25) is 5.02 Å². The highest BCUT2D eigenvalue weighted by molar-refractivity contribution is 6.34. The van der Waals surface area contributed by atoms with Gasteiger partial charge in [-0.05, 0) is 42.0 Å². The second-order valence-electron chi connectivity index (χ2n) is 7.94. The minimum absolute atomic E-state index is 0.119. The van der Waals surface area contributed by atoms with Crippen molar-refractivity contribution in [2.24, 2.45) is 11.5 Å². The predicted molar refractivity (Wildman–Crippen MR) is 123 cm³/mol. The fraction of sp³-hybridized carbons (Fsp3) is 0.0800. The molecule has 0 fully saturated rings. The number of hydrogen-bond donors (Lipinski definition) is 2. The summed E-state index contributed by atoms with van der Waals surface area (Å²) < 4.78 is 15.1. The number of benzene rings is 3. The van der Waals surface area contributed by atoms with Crippen LogP contribution in [0.3, 0.4) is 0 Å². The monoisotopic (exact) mass is 460 g/mol. The van der Waals surface area contributed by atoms with E-state index in [-0.39, 0.29) is 28.3 Å². The topological polar surface area (TPSA) is 104 Å². The number of carbonyl (C=O) groups excluding carboxylic acids is 2. The number of halogens is 2. The molecule has 0 bridgehead atoms. The highest BCUT2D eigenvalue weighted by Gasteiger charge is 2.48. The van der Waals surface area contributed by atoms with Crippen LogP contribution in [0.5, 0.6) is 0 Å². The number of nitrogens with two attached hydrogens (primary N) is 2. The van der Waals surface area contributed by atoms with Crippen LogP contribution in [0.15, 0.2) is 72.8 Å². The van der Waals surface area contributed by atoms with E-state index < -0.39 is 23.0 Å². The quantitative estimate of drug-likeness (QED) is 0.449. The average molecular weight is 461 g/mol. The molecule has 3 aromatic carbocycles. The minimum Gasteiger partial charge on any atom is -0.364 e. The zero-order chi connectivity index (χ0) is 23.3. The van der Waals surface area contributed by atoms with Gasteiger partial charge < -0.3 is 11.5 Å². The van der Waals surface area contributed by atoms with E-state index in [1.165, 1.54) is 28.9 Å². The van der Waals surface area contributed by atoms with Crippen LogP contribution in [0, 0.1) is 5.82 Å². The smallest absolute Gasteiger partial charge is 0.269 e. The van der Waals surface area contributed by atoms with Crippen LogP contribution in [-0.4, -0.2) is 21.5 Å². The molecule has 1 atom stereocenters. The van der Waals surface area contributed by atoms with E-state index in [4.69, 9.17) is 23.1 Å². The lowest BCUT2D eigenvalue weighted by Crippen LogP contribution is -2.50. The number of nitrogens with zero attached hydrogens (tertiary/aromatic N) is 2. The third-order valence-electron chi connectivity index (χ3n) is 5.90. The molecule has 1 aliphatic carbocycles. The Morgan fingerprint density at radius 1 is 1.00 bits per heavy atom. The van der Waals surface area contributed by atoms with Crippen LogP contribution in [0.1, 0.15) is 32.0 Å². The van der Waals surface area contributed by atoms with E-state index in [0.717, 1.165) is 11.1 Å². The van der Waals surface area contributed by atoms with E-state index >= 15 is 0 Å². The molecule has 6 nitrogen and oxygen atoms in total. The normalized spacial score (nSPS) is 16.7. The Balaban J connectivity index is 1.85. The zero-order valence-electron chi connectivity index (χ0n) is 17.3. The second kappa shape index (κ2) is 7.65. The van der Waals surface area contributed by atoms with Gasteiger partial charge in [0.25, 0.3) is 5.91 Å². The van der Waals surface area contributed by atoms with Gasteiger partial charge in [-0.3, -0.25) is 9.59 Å². The molecule has 0 aliphatic heterocycles. The van der Waals surface area contributed by atoms with Gasteiger partial charge in [0.05, 0.1) is 16.4 Å². The summed E-state index contributed by atoms with van der Waals surface area (Å²) in [4.78, 5) is 26.3. The van der Waals surface area contributed by atoms with Crippen molar-refractivity contribution >= 4 is 23.3 Å². The number of fused-ring (bicyclic) bond motifs is 3. The summed E-state index contributed by atoms with van der Waals surface area (Å²) in [7, 11) is 0. The van der Waals surface area contributed by atoms with Gasteiger partial charge in [0.1, 0.15) is 11.4 Å². The van der Waals surface area contributed by atoms with Gasteiger partial charge in [-0.1, -0.05) is 48.0 Å². The van der Waals surface area contributed by atoms with Gasteiger partial charge >= 0.3 is 0 Å². The van der Waals surface area contributed by atoms with E-state index in [0.29, 0.717) is 11.4 Å². The highest BCUT2D eigenvalue weighted by Crippen LogP contribution is 2.45. The lowest BCUT2D eigenvalue weighted by Gasteiger charge is -2.34. The molecule has 0 spiro atoms. The number of amides is 1. The SMILES string of the molecule is NC(=O)c1nn(-c2ccc(F)cc2)c2c1C(N)(C(=O)c1ccccc1Cl)Cc1ccccc1-2. The lowest BCUT2D eigenvalue weighted by atomic mass is 9.72. The number of primary amides is 1. The van der Waals surface area contributed by atoms with Crippen molar-refractivity contribution in [3.05, 3.63) is 106 Å². The van der Waals surface area contributed by atoms with Crippen molar-refractivity contribution in [1.82, 2.24) is 9.78 Å². The third kappa shape index (κ3) is 3.25. The molecule has 1 unspecified atom stereocenters. The van der Waals surface area contributed by atoms with Crippen molar-refractivity contribution in [1.29, 1.82) is 0 Å². The summed E-state index contributed by atoms with van der Waals surface area (Å²) in [5.74, 6) is -1.70. The fourth-order valence-corrected chi connectivity index (χ4v) is 4.63. The van der Waals surface area contributed by atoms with Crippen molar-refractivity contribution in [3.63, 3.8) is 0 Å². The summed E-state index contributed by atoms with van der Waals surface area (Å²) in [5.41, 5.74) is 13.7. The van der Waals surface area contributed by atoms with Gasteiger partial charge in [-0.25, -0.2) is 9.07 Å². The van der Waals surface area contributed by atoms with Gasteiger partial charge in [-0.2, -0.15) is 5.10 Å². The van der Waals surface area contributed by atoms with E-state index in [1.807, 2.05) is 24.3 Å². The molecule has 4 N–H and O–H groups in total. The number of carbonyl (C=O) groups is 2. The van der Waals surface area contributed by atoms with Crippen LogP contribution < -0.4 is 11.5 Å². The molecular weight excluding hydrogens is 443 g/mol. The molecule has 1 amide bonds. The second-order valence-corrected chi connectivity index (χ2v) is 8.35. The number of rotatable bonds is 4. The first kappa shape index (κ1) is 21.1. The maximum absolute atomic E-state index is 13.8. The molecule has 33 heavy (non-hydrogen) atoms. The van der Waals surface area contributed by atoms with Crippen LogP contribution in [0.4, 0.5) is 4.39 Å². The van der Waals surface area contributed by atoms with E-state index in [2.05, 4.69) is 5.10 Å². The molecule has 1 heterocycles. The maximum atomic E-state index is 13.8. The van der Waals surface area contributed by atoms with E-state index in [9.17, 15) is 14.0 Å². The van der Waals surface area contributed by atoms with Crippen molar-refractivity contribution < 1.29 is 14.0 Å². The standard InChI is InChI=1S/C25H18ClFN4O2/c26-19-8-4-3-7-18(19)23(32)25(29)13-14-5-1-2-6-17(14)22-20(25)21(24(28)33)30-31(22)16-11-9-15(27)10-12-16/h1-12H,13,29H2,(H2,28,33). The number of Topliss-reactive ketones (excluding diaryl/α,β-unsaturated/α-hetero) is 1. The largest absolute Gasteiger partial charge is 0.364 e. The molecule has 1 aliphatic rings. The van der Waals surface area contributed by atoms with Gasteiger partial charge in [0, 0.05) is 23.1 Å². The number of hydrogen-bond acceptors (Lipinski definition) is 4. The van der Waals surface area contributed by atoms with Crippen molar-refractivity contribution in [2.45, 2.75) is 12.0 Å². The summed E-state index contributed by atoms with van der Waals surface area (Å²) in [6.07, 6.45) is 0.121. The summed E-state index contributed by atoms with van der Waals surface area (Å²) in [6, 6.07) is 19.6. The maximum Gasteiger partial charge on any atom is 0.269 e. The van der Waals surface area contributed by atoms with E-state index in [1.54, 1.807) is 24.3 Å². The molecule has 5 rings (SSSR count). The summed E-state index contributed by atoms with van der Waals surface area (Å²) in [6.45, 7) is 0. The van der Waals surface area contributed by atoms with Crippen LogP contribution >= 0.6 is 11.6 Å². The predicted octanol–water partition coefficient (Wildman–Crippen LogP) is 4.02. The first-order chi connectivity index (χ1) is 15.8. The molecule has 0 saturated carbocycles. The first-order valence-corrected chi connectivity index (χ1v) is 10.5. The molecule has 164 valence electrons. The molecule has 8 heteroatoms. The number of aromatic nitrogens is 2. The first-order valence-electron chi connectivity index (χ1n) is 10.2. The molecule has 0 saturated heterocycles. The van der Waals surface area contributed by atoms with Crippen molar-refractivity contribution in [3.8, 4) is 16.9 Å². The van der Waals surface area contributed by atoms with Crippen LogP contribution in [-0.2, 0) is 12.0 Å². The Kier molecular flexibility index (Phi) is 4.88. The Morgan fingerprint density at radius 2 is 1.67 bits per heavy atom. The minimum atomic E-state index is -1.66. The fourth-order valence-electron chi connectivity index (χ4n) is 4.40. The lowest BCUT2D eigenvalue weighted by molar-refractivity contribution is 0.0882. The highest BCUT2D eigenvalue weighted by atomic mass is 35.5. The van der Waals surface area contributed by atoms with Gasteiger partial charge in [0.2, 0.25) is 0 Å². The summed E-state index contributed by atoms with van der Waals surface area (Å²) in [5, 5.41) is 4.69. The average Bonchev–Trinajstić information content (AvgIpc) is 3.22. The Bertz CT molecular complexity index is 1430. The Morgan fingerprint density at radius 3 is 2.36 bits per heavy atom. The van der Waals surface area contributed by atoms with Gasteiger partial charge in [0.15, 0.2) is 11.5 Å². The molecular formula is C25H18ClFN4O2. The Labute approximate surface area is 193 Å². The Hall–Kier alpha value is -3.81. The molecule has 1 aromatic heterocycles. The number of ketones is 1. The zero-order valence-corrected chi connectivity index (χ0v) is 18.0. The van der Waals surface area contributed by atoms with Crippen LogP contribution in [0.25, 0.3) is 16.9 Å². The molecule has 4 aromatic rings.